The Balaban J connectivity index is 2.42. The molecule has 1 aromatic rings. The standard InChI is InChI=1S/C22H31NO4/c1-14(2)13-18(24)19-20(17-9-7-16(8-10-17)15(3)4)23(11-6-12-27-5)22(26)21(19)25/h7-10,14-15,20,25H,6,11-13H2,1-5H3. The quantitative estimate of drug-likeness (QED) is 0.660. The highest BCUT2D eigenvalue weighted by atomic mass is 16.5. The normalized spacial score (nSPS) is 17.5. The summed E-state index contributed by atoms with van der Waals surface area (Å²) in [5.74, 6) is -0.498. The molecule has 1 amide bonds. The van der Waals surface area contributed by atoms with Crippen molar-refractivity contribution in [3.05, 3.63) is 46.7 Å². The van der Waals surface area contributed by atoms with Gasteiger partial charge < -0.3 is 14.7 Å². The van der Waals surface area contributed by atoms with Gasteiger partial charge >= 0.3 is 0 Å². The molecule has 1 aromatic carbocycles. The Hall–Kier alpha value is -2.14. The highest BCUT2D eigenvalue weighted by Gasteiger charge is 2.43. The molecule has 0 saturated carbocycles. The summed E-state index contributed by atoms with van der Waals surface area (Å²) < 4.78 is 5.09. The number of hydrogen-bond acceptors (Lipinski definition) is 4. The number of benzene rings is 1. The Kier molecular flexibility index (Phi) is 7.19. The van der Waals surface area contributed by atoms with Crippen LogP contribution in [0.1, 0.15) is 63.6 Å². The second-order valence-corrected chi connectivity index (χ2v) is 7.85. The molecule has 1 aliphatic heterocycles. The lowest BCUT2D eigenvalue weighted by Crippen LogP contribution is -2.32. The number of carbonyl (C=O) groups excluding carboxylic acids is 2. The number of ketones is 1. The fraction of sp³-hybridized carbons (Fsp3) is 0.545. The van der Waals surface area contributed by atoms with Crippen molar-refractivity contribution in [3.63, 3.8) is 0 Å². The van der Waals surface area contributed by atoms with Gasteiger partial charge in [-0.2, -0.15) is 0 Å². The predicted octanol–water partition coefficient (Wildman–Crippen LogP) is 4.16. The van der Waals surface area contributed by atoms with Crippen molar-refractivity contribution < 1.29 is 19.4 Å². The number of aliphatic hydroxyl groups excluding tert-OH is 1. The molecule has 1 N–H and O–H groups in total. The summed E-state index contributed by atoms with van der Waals surface area (Å²) in [6.07, 6.45) is 0.945. The van der Waals surface area contributed by atoms with Crippen molar-refractivity contribution in [2.45, 2.75) is 52.5 Å². The molecular weight excluding hydrogens is 342 g/mol. The van der Waals surface area contributed by atoms with E-state index in [1.807, 2.05) is 38.1 Å². The van der Waals surface area contributed by atoms with Crippen molar-refractivity contribution in [3.8, 4) is 0 Å². The number of nitrogens with zero attached hydrogens (tertiary/aromatic N) is 1. The summed E-state index contributed by atoms with van der Waals surface area (Å²) in [5.41, 5.74) is 2.27. The van der Waals surface area contributed by atoms with E-state index in [2.05, 4.69) is 13.8 Å². The monoisotopic (exact) mass is 373 g/mol. The van der Waals surface area contributed by atoms with Gasteiger partial charge in [-0.05, 0) is 29.4 Å². The predicted molar refractivity (Wildman–Crippen MR) is 106 cm³/mol. The molecular formula is C22H31NO4. The third-order valence-corrected chi connectivity index (χ3v) is 4.86. The fourth-order valence-corrected chi connectivity index (χ4v) is 3.44. The highest BCUT2D eigenvalue weighted by molar-refractivity contribution is 6.09. The van der Waals surface area contributed by atoms with E-state index in [-0.39, 0.29) is 17.3 Å². The van der Waals surface area contributed by atoms with Crippen molar-refractivity contribution in [2.75, 3.05) is 20.3 Å². The number of ether oxygens (including phenoxy) is 1. The van der Waals surface area contributed by atoms with Gasteiger partial charge in [0.2, 0.25) is 0 Å². The molecule has 1 heterocycles. The molecule has 0 aliphatic carbocycles. The molecule has 5 nitrogen and oxygen atoms in total. The first-order valence-electron chi connectivity index (χ1n) is 9.64. The van der Waals surface area contributed by atoms with Crippen LogP contribution in [-0.2, 0) is 14.3 Å². The zero-order valence-electron chi connectivity index (χ0n) is 17.0. The Morgan fingerprint density at radius 3 is 2.33 bits per heavy atom. The maximum atomic E-state index is 12.8. The average molecular weight is 373 g/mol. The van der Waals surface area contributed by atoms with Gasteiger partial charge in [-0.1, -0.05) is 52.0 Å². The van der Waals surface area contributed by atoms with Gasteiger partial charge in [0.1, 0.15) is 0 Å². The third kappa shape index (κ3) is 4.78. The summed E-state index contributed by atoms with van der Waals surface area (Å²) in [4.78, 5) is 27.1. The van der Waals surface area contributed by atoms with Gasteiger partial charge in [-0.3, -0.25) is 9.59 Å². The zero-order chi connectivity index (χ0) is 20.1. The molecule has 0 spiro atoms. The van der Waals surface area contributed by atoms with Gasteiger partial charge in [0, 0.05) is 26.7 Å². The van der Waals surface area contributed by atoms with E-state index in [9.17, 15) is 14.7 Å². The summed E-state index contributed by atoms with van der Waals surface area (Å²) in [6.45, 7) is 9.08. The van der Waals surface area contributed by atoms with Crippen molar-refractivity contribution in [1.82, 2.24) is 4.90 Å². The third-order valence-electron chi connectivity index (χ3n) is 4.86. The SMILES string of the molecule is COCCCN1C(=O)C(O)=C(C(=O)CC(C)C)C1c1ccc(C(C)C)cc1. The summed E-state index contributed by atoms with van der Waals surface area (Å²) >= 11 is 0. The molecule has 0 fully saturated rings. The second-order valence-electron chi connectivity index (χ2n) is 7.85. The first kappa shape index (κ1) is 21.2. The van der Waals surface area contributed by atoms with Crippen molar-refractivity contribution in [2.24, 2.45) is 5.92 Å². The van der Waals surface area contributed by atoms with E-state index in [0.29, 0.717) is 31.9 Å². The van der Waals surface area contributed by atoms with Crippen LogP contribution in [0.15, 0.2) is 35.6 Å². The highest BCUT2D eigenvalue weighted by Crippen LogP contribution is 2.39. The number of Topliss-reactive ketones (excluding diaryl/α,β-unsaturated/α-hetero) is 1. The van der Waals surface area contributed by atoms with Gasteiger partial charge in [-0.25, -0.2) is 0 Å². The van der Waals surface area contributed by atoms with E-state index < -0.39 is 17.7 Å². The molecule has 148 valence electrons. The Bertz CT molecular complexity index is 704. The molecule has 1 atom stereocenters. The minimum Gasteiger partial charge on any atom is -0.503 e. The second kappa shape index (κ2) is 9.18. The molecule has 0 bridgehead atoms. The first-order valence-corrected chi connectivity index (χ1v) is 9.64. The summed E-state index contributed by atoms with van der Waals surface area (Å²) in [5, 5.41) is 10.5. The van der Waals surface area contributed by atoms with E-state index in [4.69, 9.17) is 4.74 Å². The van der Waals surface area contributed by atoms with Crippen LogP contribution in [0.2, 0.25) is 0 Å². The van der Waals surface area contributed by atoms with E-state index in [1.54, 1.807) is 12.0 Å². The van der Waals surface area contributed by atoms with Crippen LogP contribution in [-0.4, -0.2) is 42.0 Å². The minimum absolute atomic E-state index is 0.152. The summed E-state index contributed by atoms with van der Waals surface area (Å²) in [6, 6.07) is 7.42. The zero-order valence-corrected chi connectivity index (χ0v) is 17.0. The minimum atomic E-state index is -0.540. The Labute approximate surface area is 162 Å². The topological polar surface area (TPSA) is 66.8 Å². The van der Waals surface area contributed by atoms with Crippen LogP contribution < -0.4 is 0 Å². The lowest BCUT2D eigenvalue weighted by molar-refractivity contribution is -0.129. The maximum absolute atomic E-state index is 12.8. The average Bonchev–Trinajstić information content (AvgIpc) is 2.86. The van der Waals surface area contributed by atoms with Crippen LogP contribution in [0, 0.1) is 5.92 Å². The molecule has 0 radical (unpaired) electrons. The smallest absolute Gasteiger partial charge is 0.290 e. The van der Waals surface area contributed by atoms with Gasteiger partial charge in [0.25, 0.3) is 5.91 Å². The van der Waals surface area contributed by atoms with Crippen LogP contribution in [0.4, 0.5) is 0 Å². The van der Waals surface area contributed by atoms with Gasteiger partial charge in [0.05, 0.1) is 11.6 Å². The molecule has 27 heavy (non-hydrogen) atoms. The van der Waals surface area contributed by atoms with E-state index in [1.165, 1.54) is 5.56 Å². The number of carbonyl (C=O) groups is 2. The molecule has 0 saturated heterocycles. The molecule has 2 rings (SSSR count). The number of methoxy groups -OCH3 is 1. The molecule has 1 aliphatic rings. The molecule has 1 unspecified atom stereocenters. The maximum Gasteiger partial charge on any atom is 0.290 e. The Morgan fingerprint density at radius 1 is 1.19 bits per heavy atom. The van der Waals surface area contributed by atoms with Crippen molar-refractivity contribution >= 4 is 11.7 Å². The van der Waals surface area contributed by atoms with Gasteiger partial charge in [-0.15, -0.1) is 0 Å². The molecule has 5 heteroatoms. The summed E-state index contributed by atoms with van der Waals surface area (Å²) in [7, 11) is 1.61. The van der Waals surface area contributed by atoms with E-state index in [0.717, 1.165) is 5.56 Å². The lowest BCUT2D eigenvalue weighted by atomic mass is 9.91. The number of aliphatic hydroxyl groups is 1. The first-order chi connectivity index (χ1) is 12.8. The van der Waals surface area contributed by atoms with Crippen LogP contribution in [0.25, 0.3) is 0 Å². The largest absolute Gasteiger partial charge is 0.503 e. The van der Waals surface area contributed by atoms with E-state index >= 15 is 0 Å². The number of hydrogen-bond donors (Lipinski definition) is 1. The van der Waals surface area contributed by atoms with Crippen LogP contribution >= 0.6 is 0 Å². The number of amides is 1. The Morgan fingerprint density at radius 2 is 1.81 bits per heavy atom. The van der Waals surface area contributed by atoms with Crippen LogP contribution in [0.5, 0.6) is 0 Å². The van der Waals surface area contributed by atoms with Crippen LogP contribution in [0.3, 0.4) is 0 Å². The lowest BCUT2D eigenvalue weighted by Gasteiger charge is -2.27. The molecule has 0 aromatic heterocycles. The van der Waals surface area contributed by atoms with Crippen molar-refractivity contribution in [1.29, 1.82) is 0 Å². The van der Waals surface area contributed by atoms with Gasteiger partial charge in [0.15, 0.2) is 11.5 Å². The fourth-order valence-electron chi connectivity index (χ4n) is 3.44. The number of rotatable bonds is 9.